The molecule has 0 aliphatic carbocycles. The number of hydrogen-bond donors (Lipinski definition) is 0. The Labute approximate surface area is 193 Å². The van der Waals surface area contributed by atoms with E-state index in [1.54, 1.807) is 17.8 Å². The topological polar surface area (TPSA) is 63.0 Å². The molecule has 1 saturated heterocycles. The normalized spacial score (nSPS) is 14.1. The number of fused-ring (bicyclic) bond motifs is 1. The third-order valence-electron chi connectivity index (χ3n) is 6.22. The van der Waals surface area contributed by atoms with E-state index in [1.165, 1.54) is 5.69 Å². The largest absolute Gasteiger partial charge is 0.378 e. The van der Waals surface area contributed by atoms with E-state index in [0.29, 0.717) is 25.3 Å². The molecule has 0 bridgehead atoms. The molecule has 1 aliphatic rings. The maximum Gasteiger partial charge on any atom is 0.257 e. The average Bonchev–Trinajstić information content (AvgIpc) is 3.24. The van der Waals surface area contributed by atoms with E-state index in [4.69, 9.17) is 9.84 Å². The number of aromatic nitrogens is 3. The molecule has 0 atom stereocenters. The van der Waals surface area contributed by atoms with Gasteiger partial charge in [-0.3, -0.25) is 4.79 Å². The van der Waals surface area contributed by atoms with E-state index in [0.717, 1.165) is 41.3 Å². The molecular formula is C26H27N5O2. The highest BCUT2D eigenvalue weighted by molar-refractivity contribution is 5.96. The molecule has 168 valence electrons. The maximum atomic E-state index is 13.4. The Morgan fingerprint density at radius 1 is 0.970 bits per heavy atom. The first-order valence-electron chi connectivity index (χ1n) is 11.2. The molecule has 0 spiro atoms. The fraction of sp³-hybridized carbons (Fsp3) is 0.269. The Hall–Kier alpha value is -3.71. The van der Waals surface area contributed by atoms with Gasteiger partial charge in [-0.05, 0) is 24.6 Å². The lowest BCUT2D eigenvalue weighted by atomic mass is 10.1. The number of benzene rings is 2. The minimum absolute atomic E-state index is 0.000311. The number of anilines is 1. The molecule has 33 heavy (non-hydrogen) atoms. The molecule has 0 N–H and O–H groups in total. The minimum Gasteiger partial charge on any atom is -0.378 e. The zero-order valence-electron chi connectivity index (χ0n) is 18.9. The van der Waals surface area contributed by atoms with Crippen molar-refractivity contribution in [3.05, 3.63) is 83.8 Å². The van der Waals surface area contributed by atoms with Crippen molar-refractivity contribution in [3.8, 4) is 11.1 Å². The maximum absolute atomic E-state index is 13.4. The summed E-state index contributed by atoms with van der Waals surface area (Å²) in [6.45, 7) is 5.27. The lowest BCUT2D eigenvalue weighted by molar-refractivity contribution is 0.0745. The minimum atomic E-state index is -0.000311. The first-order chi connectivity index (χ1) is 16.2. The number of para-hydroxylation sites is 1. The Morgan fingerprint density at radius 3 is 2.30 bits per heavy atom. The molecule has 1 amide bonds. The zero-order valence-corrected chi connectivity index (χ0v) is 18.9. The average molecular weight is 442 g/mol. The van der Waals surface area contributed by atoms with Crippen molar-refractivity contribution in [1.82, 2.24) is 19.5 Å². The molecule has 1 aliphatic heterocycles. The number of hydrogen-bond acceptors (Lipinski definition) is 5. The van der Waals surface area contributed by atoms with Crippen LogP contribution in [0, 0.1) is 6.92 Å². The van der Waals surface area contributed by atoms with Gasteiger partial charge in [0.1, 0.15) is 0 Å². The molecule has 1 fully saturated rings. The monoisotopic (exact) mass is 441 g/mol. The number of rotatable bonds is 5. The van der Waals surface area contributed by atoms with Crippen LogP contribution < -0.4 is 4.90 Å². The van der Waals surface area contributed by atoms with Crippen LogP contribution in [-0.2, 0) is 11.3 Å². The van der Waals surface area contributed by atoms with Crippen LogP contribution in [0.5, 0.6) is 0 Å². The summed E-state index contributed by atoms with van der Waals surface area (Å²) in [5, 5.41) is 4.77. The van der Waals surface area contributed by atoms with Gasteiger partial charge in [-0.1, -0.05) is 48.5 Å². The van der Waals surface area contributed by atoms with Gasteiger partial charge in [-0.25, -0.2) is 9.50 Å². The van der Waals surface area contributed by atoms with E-state index < -0.39 is 0 Å². The van der Waals surface area contributed by atoms with Gasteiger partial charge in [0.25, 0.3) is 5.91 Å². The van der Waals surface area contributed by atoms with E-state index >= 15 is 0 Å². The Morgan fingerprint density at radius 2 is 1.64 bits per heavy atom. The Bertz CT molecular complexity index is 1260. The number of aryl methyl sites for hydroxylation is 1. The first kappa shape index (κ1) is 21.2. The van der Waals surface area contributed by atoms with Crippen molar-refractivity contribution in [2.45, 2.75) is 13.5 Å². The molecule has 7 heteroatoms. The summed E-state index contributed by atoms with van der Waals surface area (Å²) in [5.41, 5.74) is 6.08. The van der Waals surface area contributed by atoms with Crippen molar-refractivity contribution in [3.63, 3.8) is 0 Å². The van der Waals surface area contributed by atoms with Crippen LogP contribution in [0.4, 0.5) is 5.69 Å². The van der Waals surface area contributed by atoms with Gasteiger partial charge in [0.2, 0.25) is 0 Å². The molecule has 0 radical (unpaired) electrons. The molecule has 0 unspecified atom stereocenters. The summed E-state index contributed by atoms with van der Waals surface area (Å²) >= 11 is 0. The number of amides is 1. The van der Waals surface area contributed by atoms with Crippen LogP contribution in [-0.4, -0.2) is 58.7 Å². The van der Waals surface area contributed by atoms with Crippen LogP contribution in [0.3, 0.4) is 0 Å². The SMILES string of the molecule is COCc1nn2c(C)c(C(=O)N3CCN(c4ccccc4)CC3)cnc2c1-c1ccccc1. The summed E-state index contributed by atoms with van der Waals surface area (Å²) in [5.74, 6) is -0.000311. The molecule has 4 aromatic rings. The Kier molecular flexibility index (Phi) is 5.79. The quantitative estimate of drug-likeness (QED) is 0.471. The number of carbonyl (C=O) groups is 1. The number of nitrogens with zero attached hydrogens (tertiary/aromatic N) is 5. The predicted molar refractivity (Wildman–Crippen MR) is 128 cm³/mol. The first-order valence-corrected chi connectivity index (χ1v) is 11.2. The molecule has 0 saturated carbocycles. The van der Waals surface area contributed by atoms with Gasteiger partial charge >= 0.3 is 0 Å². The van der Waals surface area contributed by atoms with Crippen LogP contribution in [0.1, 0.15) is 21.7 Å². The molecule has 2 aromatic heterocycles. The second-order valence-electron chi connectivity index (χ2n) is 8.23. The molecular weight excluding hydrogens is 414 g/mol. The third-order valence-corrected chi connectivity index (χ3v) is 6.22. The van der Waals surface area contributed by atoms with Gasteiger partial charge in [-0.2, -0.15) is 5.10 Å². The van der Waals surface area contributed by atoms with Gasteiger partial charge < -0.3 is 14.5 Å². The predicted octanol–water partition coefficient (Wildman–Crippen LogP) is 3.81. The van der Waals surface area contributed by atoms with Crippen molar-refractivity contribution < 1.29 is 9.53 Å². The van der Waals surface area contributed by atoms with Crippen molar-refractivity contribution in [2.75, 3.05) is 38.2 Å². The zero-order chi connectivity index (χ0) is 22.8. The fourth-order valence-corrected chi connectivity index (χ4v) is 4.46. The summed E-state index contributed by atoms with van der Waals surface area (Å²) in [4.78, 5) is 22.3. The standard InChI is InChI=1S/C26H27N5O2/c1-19-22(26(32)30-15-13-29(14-16-30)21-11-7-4-8-12-21)17-27-25-24(20-9-5-3-6-10-20)23(18-33-2)28-31(19)25/h3-12,17H,13-16,18H2,1-2H3. The lowest BCUT2D eigenvalue weighted by Gasteiger charge is -2.36. The lowest BCUT2D eigenvalue weighted by Crippen LogP contribution is -2.49. The highest BCUT2D eigenvalue weighted by atomic mass is 16.5. The van der Waals surface area contributed by atoms with Gasteiger partial charge in [0.15, 0.2) is 5.65 Å². The number of ether oxygens (including phenoxy) is 1. The van der Waals surface area contributed by atoms with Gasteiger partial charge in [0.05, 0.1) is 29.1 Å². The van der Waals surface area contributed by atoms with E-state index in [9.17, 15) is 4.79 Å². The van der Waals surface area contributed by atoms with Crippen LogP contribution >= 0.6 is 0 Å². The number of methoxy groups -OCH3 is 1. The van der Waals surface area contributed by atoms with Crippen molar-refractivity contribution in [1.29, 1.82) is 0 Å². The number of carbonyl (C=O) groups excluding carboxylic acids is 1. The second kappa shape index (κ2) is 9.03. The molecule has 5 rings (SSSR count). The van der Waals surface area contributed by atoms with E-state index in [-0.39, 0.29) is 5.91 Å². The van der Waals surface area contributed by atoms with Crippen LogP contribution in [0.2, 0.25) is 0 Å². The highest BCUT2D eigenvalue weighted by Crippen LogP contribution is 2.29. The van der Waals surface area contributed by atoms with Crippen LogP contribution in [0.15, 0.2) is 66.9 Å². The molecule has 7 nitrogen and oxygen atoms in total. The number of piperazine rings is 1. The second-order valence-corrected chi connectivity index (χ2v) is 8.23. The fourth-order valence-electron chi connectivity index (χ4n) is 4.46. The van der Waals surface area contributed by atoms with Crippen molar-refractivity contribution >= 4 is 17.2 Å². The van der Waals surface area contributed by atoms with E-state index in [2.05, 4.69) is 22.0 Å². The Balaban J connectivity index is 1.43. The van der Waals surface area contributed by atoms with Crippen molar-refractivity contribution in [2.24, 2.45) is 0 Å². The molecule has 3 heterocycles. The summed E-state index contributed by atoms with van der Waals surface area (Å²) < 4.78 is 7.18. The van der Waals surface area contributed by atoms with Gasteiger partial charge in [-0.15, -0.1) is 0 Å². The highest BCUT2D eigenvalue weighted by Gasteiger charge is 2.26. The van der Waals surface area contributed by atoms with E-state index in [1.807, 2.05) is 60.4 Å². The summed E-state index contributed by atoms with van der Waals surface area (Å²) in [6, 6.07) is 20.4. The van der Waals surface area contributed by atoms with Gasteiger partial charge in [0, 0.05) is 45.2 Å². The smallest absolute Gasteiger partial charge is 0.257 e. The van der Waals surface area contributed by atoms with Crippen LogP contribution in [0.25, 0.3) is 16.8 Å². The summed E-state index contributed by atoms with van der Waals surface area (Å²) in [7, 11) is 1.66. The third kappa shape index (κ3) is 3.96. The molecule has 2 aromatic carbocycles. The summed E-state index contributed by atoms with van der Waals surface area (Å²) in [6.07, 6.45) is 1.70.